The summed E-state index contributed by atoms with van der Waals surface area (Å²) >= 11 is 1.58. The van der Waals surface area contributed by atoms with Gasteiger partial charge in [-0.1, -0.05) is 44.9 Å². The van der Waals surface area contributed by atoms with Crippen LogP contribution in [-0.2, 0) is 30.7 Å². The zero-order valence-corrected chi connectivity index (χ0v) is 20.8. The zero-order valence-electron chi connectivity index (χ0n) is 20.0. The van der Waals surface area contributed by atoms with Crippen molar-refractivity contribution in [2.45, 2.75) is 65.5 Å². The number of unbranched alkanes of at least 4 members (excludes halogenated alkanes) is 2. The molecule has 0 aliphatic heterocycles. The summed E-state index contributed by atoms with van der Waals surface area (Å²) in [5, 5.41) is 20.1. The van der Waals surface area contributed by atoms with Crippen LogP contribution in [0.15, 0.2) is 45.6 Å². The van der Waals surface area contributed by atoms with Crippen LogP contribution in [0.1, 0.15) is 50.0 Å². The molecule has 182 valence electrons. The van der Waals surface area contributed by atoms with Crippen LogP contribution >= 0.6 is 11.3 Å². The Kier molecular flexibility index (Phi) is 6.51. The lowest BCUT2D eigenvalue weighted by molar-refractivity contribution is -0.118. The first kappa shape index (κ1) is 23.4. The molecule has 0 saturated heterocycles. The van der Waals surface area contributed by atoms with E-state index in [0.717, 1.165) is 59.8 Å². The molecule has 0 spiro atoms. The summed E-state index contributed by atoms with van der Waals surface area (Å²) < 4.78 is 3.12. The number of benzene rings is 1. The second-order valence-electron chi connectivity index (χ2n) is 9.35. The third-order valence-corrected chi connectivity index (χ3v) is 7.91. The van der Waals surface area contributed by atoms with E-state index < -0.39 is 5.91 Å². The van der Waals surface area contributed by atoms with Gasteiger partial charge in [0.05, 0.1) is 17.2 Å². The Morgan fingerprint density at radius 2 is 2.11 bits per heavy atom. The van der Waals surface area contributed by atoms with Crippen molar-refractivity contribution in [1.82, 2.24) is 14.1 Å². The number of hydrogen-bond donors (Lipinski definition) is 1. The third-order valence-electron chi connectivity index (χ3n) is 6.75. The first-order valence-electron chi connectivity index (χ1n) is 12.2. The molecule has 8 nitrogen and oxygen atoms in total. The van der Waals surface area contributed by atoms with E-state index in [1.54, 1.807) is 11.3 Å². The highest BCUT2D eigenvalue weighted by atomic mass is 32.1. The highest BCUT2D eigenvalue weighted by Gasteiger charge is 2.23. The van der Waals surface area contributed by atoms with Crippen molar-refractivity contribution in [3.05, 3.63) is 51.4 Å². The van der Waals surface area contributed by atoms with Gasteiger partial charge < -0.3 is 9.67 Å². The molecule has 1 N–H and O–H groups in total. The Morgan fingerprint density at radius 3 is 2.94 bits per heavy atom. The highest BCUT2D eigenvalue weighted by Crippen LogP contribution is 2.39. The Hall–Kier alpha value is -3.33. The number of azo groups is 1. The number of thiophene rings is 1. The maximum atomic E-state index is 13.2. The van der Waals surface area contributed by atoms with Crippen molar-refractivity contribution < 1.29 is 9.90 Å². The number of aryl methyl sites for hydroxylation is 2. The fourth-order valence-electron chi connectivity index (χ4n) is 4.88. The smallest absolute Gasteiger partial charge is 0.284 e. The van der Waals surface area contributed by atoms with Crippen LogP contribution in [0.3, 0.4) is 0 Å². The van der Waals surface area contributed by atoms with E-state index in [-0.39, 0.29) is 23.7 Å². The monoisotopic (exact) mass is 491 g/mol. The minimum atomic E-state index is -0.576. The van der Waals surface area contributed by atoms with E-state index in [0.29, 0.717) is 17.8 Å². The zero-order chi connectivity index (χ0) is 24.5. The van der Waals surface area contributed by atoms with E-state index in [1.807, 2.05) is 28.8 Å². The predicted octanol–water partition coefficient (Wildman–Crippen LogP) is 5.74. The average molecular weight is 492 g/mol. The third kappa shape index (κ3) is 4.40. The van der Waals surface area contributed by atoms with Gasteiger partial charge >= 0.3 is 0 Å². The van der Waals surface area contributed by atoms with Gasteiger partial charge in [-0.15, -0.1) is 21.6 Å². The lowest BCUT2D eigenvalue weighted by Crippen LogP contribution is -2.24. The summed E-state index contributed by atoms with van der Waals surface area (Å²) in [4.78, 5) is 32.3. The minimum Gasteiger partial charge on any atom is -0.493 e. The average Bonchev–Trinajstić information content (AvgIpc) is 3.34. The van der Waals surface area contributed by atoms with Gasteiger partial charge in [0.2, 0.25) is 5.88 Å². The molecule has 0 radical (unpaired) electrons. The van der Waals surface area contributed by atoms with Crippen molar-refractivity contribution in [3.63, 3.8) is 0 Å². The number of carbonyl (C=O) groups is 1. The molecule has 1 aromatic carbocycles. The number of para-hydroxylation sites is 1. The molecule has 0 fully saturated rings. The van der Waals surface area contributed by atoms with E-state index in [4.69, 9.17) is 0 Å². The minimum absolute atomic E-state index is 0.00163. The molecular formula is C26H29N5O3S. The largest absolute Gasteiger partial charge is 0.493 e. The summed E-state index contributed by atoms with van der Waals surface area (Å²) in [5.41, 5.74) is 2.00. The summed E-state index contributed by atoms with van der Waals surface area (Å²) in [6.07, 6.45) is 7.37. The number of rotatable bonds is 7. The lowest BCUT2D eigenvalue weighted by atomic mass is 9.89. The number of amides is 1. The van der Waals surface area contributed by atoms with Gasteiger partial charge in [0.15, 0.2) is 5.69 Å². The number of carbonyl (C=O) groups excluding carboxylic acids is 1. The predicted molar refractivity (Wildman–Crippen MR) is 138 cm³/mol. The van der Waals surface area contributed by atoms with Gasteiger partial charge in [-0.3, -0.25) is 14.2 Å². The number of fused-ring (bicyclic) bond motifs is 4. The Bertz CT molecular complexity index is 1500. The van der Waals surface area contributed by atoms with Gasteiger partial charge in [-0.2, -0.15) is 0 Å². The van der Waals surface area contributed by atoms with Crippen LogP contribution in [0.5, 0.6) is 5.88 Å². The summed E-state index contributed by atoms with van der Waals surface area (Å²) in [6, 6.07) is 7.54. The number of hydrogen-bond acceptors (Lipinski definition) is 6. The van der Waals surface area contributed by atoms with Crippen molar-refractivity contribution in [2.24, 2.45) is 16.1 Å². The Labute approximate surface area is 206 Å². The van der Waals surface area contributed by atoms with Gasteiger partial charge in [0.1, 0.15) is 11.4 Å². The standard InChI is InChI=1S/C26H29N5O3S/c1-3-4-7-12-31-19-9-6-5-8-17(19)23(26(31)34)29-28-21(32)14-30-15-27-24-22(25(30)33)18-11-10-16(2)13-20(18)35-24/h5-6,8-9,15-16,34H,3-4,7,10-14H2,1-2H3. The van der Waals surface area contributed by atoms with Crippen LogP contribution in [0.25, 0.3) is 21.1 Å². The maximum Gasteiger partial charge on any atom is 0.284 e. The number of aromatic hydroxyl groups is 1. The Morgan fingerprint density at radius 1 is 1.29 bits per heavy atom. The van der Waals surface area contributed by atoms with Gasteiger partial charge in [0, 0.05) is 16.8 Å². The lowest BCUT2D eigenvalue weighted by Gasteiger charge is -2.17. The van der Waals surface area contributed by atoms with Crippen LogP contribution < -0.4 is 5.56 Å². The van der Waals surface area contributed by atoms with Crippen LogP contribution in [0, 0.1) is 5.92 Å². The molecule has 9 heteroatoms. The first-order valence-corrected chi connectivity index (χ1v) is 13.0. The fraction of sp³-hybridized carbons (Fsp3) is 0.423. The van der Waals surface area contributed by atoms with Crippen molar-refractivity contribution >= 4 is 44.1 Å². The molecule has 5 rings (SSSR count). The van der Waals surface area contributed by atoms with Gasteiger partial charge in [-0.25, -0.2) is 4.98 Å². The van der Waals surface area contributed by atoms with Gasteiger partial charge in [0.25, 0.3) is 11.5 Å². The molecule has 1 atom stereocenters. The maximum absolute atomic E-state index is 13.2. The molecule has 35 heavy (non-hydrogen) atoms. The normalized spacial score (nSPS) is 15.9. The summed E-state index contributed by atoms with van der Waals surface area (Å²) in [7, 11) is 0. The quantitative estimate of drug-likeness (QED) is 0.263. The molecular weight excluding hydrogens is 462 g/mol. The number of nitrogens with zero attached hydrogens (tertiary/aromatic N) is 5. The molecule has 0 saturated carbocycles. The summed E-state index contributed by atoms with van der Waals surface area (Å²) in [5.74, 6) is 0.0280. The molecule has 1 amide bonds. The van der Waals surface area contributed by atoms with Crippen LogP contribution in [0.2, 0.25) is 0 Å². The highest BCUT2D eigenvalue weighted by molar-refractivity contribution is 7.18. The van der Waals surface area contributed by atoms with Crippen molar-refractivity contribution in [1.29, 1.82) is 0 Å². The topological polar surface area (TPSA) is 102 Å². The van der Waals surface area contributed by atoms with E-state index in [9.17, 15) is 14.7 Å². The van der Waals surface area contributed by atoms with E-state index in [1.165, 1.54) is 15.8 Å². The first-order chi connectivity index (χ1) is 17.0. The second-order valence-corrected chi connectivity index (χ2v) is 10.4. The van der Waals surface area contributed by atoms with E-state index >= 15 is 0 Å². The van der Waals surface area contributed by atoms with Crippen molar-refractivity contribution in [2.75, 3.05) is 0 Å². The SMILES string of the molecule is CCCCCn1c(O)c(N=NC(=O)Cn2cnc3sc4c(c3c2=O)CCC(C)C4)c2ccccc21. The molecule has 0 bridgehead atoms. The Balaban J connectivity index is 1.41. The van der Waals surface area contributed by atoms with Gasteiger partial charge in [-0.05, 0) is 43.2 Å². The molecule has 1 aliphatic rings. The molecule has 3 aromatic heterocycles. The molecule has 1 aliphatic carbocycles. The van der Waals surface area contributed by atoms with Crippen LogP contribution in [0.4, 0.5) is 5.69 Å². The van der Waals surface area contributed by atoms with Crippen molar-refractivity contribution in [3.8, 4) is 5.88 Å². The fourth-order valence-corrected chi connectivity index (χ4v) is 6.22. The van der Waals surface area contributed by atoms with Crippen LogP contribution in [-0.4, -0.2) is 25.1 Å². The van der Waals surface area contributed by atoms with E-state index in [2.05, 4.69) is 29.1 Å². The molecule has 3 heterocycles. The number of aromatic nitrogens is 3. The summed E-state index contributed by atoms with van der Waals surface area (Å²) in [6.45, 7) is 4.77. The molecule has 1 unspecified atom stereocenters. The molecule has 4 aromatic rings. The second kappa shape index (κ2) is 9.73.